The predicted octanol–water partition coefficient (Wildman–Crippen LogP) is 23.6. The van der Waals surface area contributed by atoms with Crippen molar-refractivity contribution >= 4 is 33.4 Å². The summed E-state index contributed by atoms with van der Waals surface area (Å²) < 4.78 is 37.4. The van der Waals surface area contributed by atoms with Crippen LogP contribution in [0.25, 0.3) is 0 Å². The Bertz CT molecular complexity index is 3210. The van der Waals surface area contributed by atoms with Gasteiger partial charge in [-0.3, -0.25) is 9.59 Å². The fraction of sp³-hybridized carbons (Fsp3) is 0.640. The molecule has 0 aliphatic heterocycles. The summed E-state index contributed by atoms with van der Waals surface area (Å²) in [4.78, 5) is 30.6. The number of benzene rings is 5. The average Bonchev–Trinajstić information content (AvgIpc) is 0.797. The summed E-state index contributed by atoms with van der Waals surface area (Å²) in [6.07, 6.45) is 26.1. The molecule has 0 atom stereocenters. The number of hydrogen-bond donors (Lipinski definition) is 3. The van der Waals surface area contributed by atoms with Gasteiger partial charge in [-0.1, -0.05) is 268 Å². The van der Waals surface area contributed by atoms with E-state index in [4.69, 9.17) is 21.1 Å². The third-order valence-corrected chi connectivity index (χ3v) is 22.5. The molecule has 5 aromatic rings. The summed E-state index contributed by atoms with van der Waals surface area (Å²) in [6, 6.07) is 20.6. The highest BCUT2D eigenvalue weighted by atomic mass is 35.5. The van der Waals surface area contributed by atoms with Gasteiger partial charge in [-0.15, -0.1) is 0 Å². The normalized spacial score (nSPS) is 11.8. The van der Waals surface area contributed by atoms with E-state index in [9.17, 15) is 33.3 Å². The van der Waals surface area contributed by atoms with Crippen LogP contribution < -0.4 is 0 Å². The van der Waals surface area contributed by atoms with Crippen LogP contribution >= 0.6 is 11.6 Å². The van der Waals surface area contributed by atoms with Gasteiger partial charge in [-0.25, -0.2) is 8.42 Å². The molecule has 2 amide bonds. The topological polar surface area (TPSA) is 157 Å². The van der Waals surface area contributed by atoms with Gasteiger partial charge in [0.1, 0.15) is 16.4 Å². The lowest BCUT2D eigenvalue weighted by atomic mass is 9.82. The first-order valence-corrected chi connectivity index (χ1v) is 41.8. The number of unbranched alkanes of at least 4 members (excludes halogenated alkanes) is 16. The molecule has 12 nitrogen and oxygen atoms in total. The van der Waals surface area contributed by atoms with E-state index in [1.54, 1.807) is 45.1 Å². The molecule has 0 unspecified atom stereocenters. The number of phenols is 3. The summed E-state index contributed by atoms with van der Waals surface area (Å²) in [5, 5.41) is 32.1. The first-order valence-electron chi connectivity index (χ1n) is 40.0. The van der Waals surface area contributed by atoms with Crippen molar-refractivity contribution in [2.24, 2.45) is 0 Å². The lowest BCUT2D eigenvalue weighted by Crippen LogP contribution is -2.36. The van der Waals surface area contributed by atoms with Gasteiger partial charge in [0.15, 0.2) is 5.75 Å². The molecule has 0 radical (unpaired) electrons. The maximum atomic E-state index is 13.6. The molecule has 3 N–H and O–H groups in total. The van der Waals surface area contributed by atoms with Crippen LogP contribution in [-0.2, 0) is 38.8 Å². The molecular formula is C89H142ClN3O9S. The summed E-state index contributed by atoms with van der Waals surface area (Å²) in [6.45, 7) is 44.9. The Hall–Kier alpha value is -5.44. The first-order chi connectivity index (χ1) is 48.9. The van der Waals surface area contributed by atoms with E-state index in [0.717, 1.165) is 93.1 Å². The van der Waals surface area contributed by atoms with Gasteiger partial charge in [0.25, 0.3) is 11.8 Å². The minimum atomic E-state index is -3.74. The Kier molecular flexibility index (Phi) is 42.8. The highest BCUT2D eigenvalue weighted by Gasteiger charge is 2.29. The second-order valence-electron chi connectivity index (χ2n) is 30.7. The van der Waals surface area contributed by atoms with Crippen molar-refractivity contribution in [3.05, 3.63) is 149 Å². The van der Waals surface area contributed by atoms with E-state index in [2.05, 4.69) is 134 Å². The van der Waals surface area contributed by atoms with Crippen LogP contribution in [0.1, 0.15) is 368 Å². The molecule has 0 bridgehead atoms. The van der Waals surface area contributed by atoms with Crippen LogP contribution in [0.3, 0.4) is 0 Å². The van der Waals surface area contributed by atoms with Gasteiger partial charge >= 0.3 is 0 Å². The largest absolute Gasteiger partial charge is 0.507 e. The Labute approximate surface area is 632 Å². The van der Waals surface area contributed by atoms with Gasteiger partial charge in [0.2, 0.25) is 10.0 Å². The number of nitrogens with zero attached hydrogens (tertiary/aromatic N) is 3. The number of sulfonamides is 1. The van der Waals surface area contributed by atoms with Crippen LogP contribution in [0.4, 0.5) is 0 Å². The van der Waals surface area contributed by atoms with Crippen LogP contribution in [0.5, 0.6) is 17.2 Å². The number of methoxy groups -OCH3 is 2. The number of halogens is 1. The van der Waals surface area contributed by atoms with E-state index < -0.39 is 10.0 Å². The fourth-order valence-corrected chi connectivity index (χ4v) is 15.6. The number of carbonyl (C=O) groups excluding carboxylic acids is 2. The summed E-state index contributed by atoms with van der Waals surface area (Å²) >= 11 is 6.15. The van der Waals surface area contributed by atoms with Crippen LogP contribution in [0.2, 0.25) is 5.02 Å². The maximum Gasteiger partial charge on any atom is 0.257 e. The zero-order valence-electron chi connectivity index (χ0n) is 68.4. The maximum absolute atomic E-state index is 13.6. The van der Waals surface area contributed by atoms with Gasteiger partial charge in [0.05, 0.1) is 29.4 Å². The van der Waals surface area contributed by atoms with Crippen LogP contribution in [0.15, 0.2) is 65.6 Å². The molecule has 0 fully saturated rings. The second kappa shape index (κ2) is 48.0. The second-order valence-corrected chi connectivity index (χ2v) is 33.1. The van der Waals surface area contributed by atoms with Crippen molar-refractivity contribution in [1.82, 2.24) is 14.1 Å². The Morgan fingerprint density at radius 1 is 0.417 bits per heavy atom. The summed E-state index contributed by atoms with van der Waals surface area (Å²) in [5.74, 6) is 2.13. The fourth-order valence-electron chi connectivity index (χ4n) is 13.7. The number of rotatable bonds is 44. The minimum absolute atomic E-state index is 0.0434. The molecule has 0 saturated carbocycles. The van der Waals surface area contributed by atoms with E-state index in [1.165, 1.54) is 132 Å². The molecule has 0 aliphatic rings. The Balaban J connectivity index is 0.000000402. The van der Waals surface area contributed by atoms with E-state index >= 15 is 0 Å². The van der Waals surface area contributed by atoms with Crippen molar-refractivity contribution in [1.29, 1.82) is 0 Å². The quantitative estimate of drug-likeness (QED) is 0.0323. The minimum Gasteiger partial charge on any atom is -0.507 e. The highest BCUT2D eigenvalue weighted by Crippen LogP contribution is 2.39. The van der Waals surface area contributed by atoms with Crippen LogP contribution in [-0.4, -0.2) is 116 Å². The third-order valence-electron chi connectivity index (χ3n) is 20.2. The number of hydrogen-bond acceptors (Lipinski definition) is 9. The molecule has 5 rings (SSSR count). The zero-order valence-corrected chi connectivity index (χ0v) is 69.9. The molecular weight excluding hydrogens is 1320 g/mol. The van der Waals surface area contributed by atoms with Crippen molar-refractivity contribution in [3.63, 3.8) is 0 Å². The summed E-state index contributed by atoms with van der Waals surface area (Å²) in [5.41, 5.74) is 16.2. The third kappa shape index (κ3) is 29.3. The van der Waals surface area contributed by atoms with Gasteiger partial charge < -0.3 is 34.6 Å². The van der Waals surface area contributed by atoms with Crippen LogP contribution in [0, 0.1) is 13.8 Å². The van der Waals surface area contributed by atoms with E-state index in [1.807, 2.05) is 36.9 Å². The van der Waals surface area contributed by atoms with Crippen molar-refractivity contribution in [2.45, 2.75) is 313 Å². The Morgan fingerprint density at radius 2 is 0.748 bits per heavy atom. The van der Waals surface area contributed by atoms with Gasteiger partial charge in [-0.2, -0.15) is 4.31 Å². The number of carbonyl (C=O) groups is 2. The first kappa shape index (κ1) is 91.8. The molecule has 0 heterocycles. The highest BCUT2D eigenvalue weighted by molar-refractivity contribution is 7.89. The predicted molar refractivity (Wildman–Crippen MR) is 436 cm³/mol. The standard InChI is InChI=1S/C32H49NO2.C30H45NO4.C27H48ClNO3S/c1-10-12-14-33(15-13-11-2)32(35)30-18-25(16-24(9)31(30)34)17-29-27(22(5)6)19-26(21(3)4)20-28(29)23(7)8;1-19(2)24-17-25(20(3)4)27(26(18-24)21(5)6)15-23-14-22(7)29(32)28(16-23)30(33)31(10-12-34-8)11-13-35-9;1-4-7-8-9-10-11-12-13-14-15-16-17-18-19-20-21-24-22-25(28)27(30)26(23-24)33(31,32)29(5-2)6-3/h16,18-23,34H,10-15,17H2,1-9H3;14,16-21,32H,10-13,15H2,1-9H3;22-23,30H,4-21H2,1-3H3. The number of phenolic OH excluding ortho intramolecular Hbond substituents is 3. The van der Waals surface area contributed by atoms with Crippen molar-refractivity contribution < 1.29 is 42.8 Å². The lowest BCUT2D eigenvalue weighted by Gasteiger charge is -2.25. The lowest BCUT2D eigenvalue weighted by molar-refractivity contribution is 0.0624. The van der Waals surface area contributed by atoms with Gasteiger partial charge in [-0.05, 0) is 184 Å². The number of aryl methyl sites for hydroxylation is 3. The van der Waals surface area contributed by atoms with Crippen molar-refractivity contribution in [2.75, 3.05) is 66.7 Å². The smallest absolute Gasteiger partial charge is 0.257 e. The number of aromatic hydroxyl groups is 3. The van der Waals surface area contributed by atoms with Gasteiger partial charge in [0, 0.05) is 53.5 Å². The summed E-state index contributed by atoms with van der Waals surface area (Å²) in [7, 11) is -0.507. The molecule has 580 valence electrons. The van der Waals surface area contributed by atoms with E-state index in [-0.39, 0.29) is 39.0 Å². The molecule has 0 aliphatic carbocycles. The molecule has 5 aromatic carbocycles. The van der Waals surface area contributed by atoms with Crippen molar-refractivity contribution in [3.8, 4) is 17.2 Å². The molecule has 103 heavy (non-hydrogen) atoms. The monoisotopic (exact) mass is 1460 g/mol. The SMILES string of the molecule is CCCCCCCCCCCCCCCCCc1cc(Cl)c(O)c(S(=O)(=O)N(CC)CC)c1.CCCCN(CCCC)C(=O)c1cc(Cc2c(C(C)C)cc(C(C)C)cc2C(C)C)cc(C)c1O.COCCN(CCOC)C(=O)c1cc(Cc2c(C(C)C)cc(C(C)C)cc2C(C)C)cc(C)c1O. The number of amides is 2. The Morgan fingerprint density at radius 3 is 1.06 bits per heavy atom. The van der Waals surface area contributed by atoms with E-state index in [0.29, 0.717) is 91.6 Å². The molecule has 14 heteroatoms. The number of ether oxygens (including phenoxy) is 2. The molecule has 0 saturated heterocycles. The zero-order chi connectivity index (χ0) is 77.1. The molecule has 0 spiro atoms. The molecule has 0 aromatic heterocycles. The average molecular weight is 1470 g/mol.